The van der Waals surface area contributed by atoms with E-state index in [0.29, 0.717) is 0 Å². The monoisotopic (exact) mass is 369 g/mol. The number of likely N-dealkylation sites (N-methyl/N-ethyl adjacent to an activating group) is 1. The Kier molecular flexibility index (Phi) is 5.85. The summed E-state index contributed by atoms with van der Waals surface area (Å²) in [7, 11) is 1.98. The Morgan fingerprint density at radius 1 is 1.33 bits per heavy atom. The van der Waals surface area contributed by atoms with Crippen LogP contribution in [0.5, 0.6) is 0 Å². The molecule has 1 heterocycles. The summed E-state index contributed by atoms with van der Waals surface area (Å²) in [5.41, 5.74) is 3.32. The topological polar surface area (TPSA) is 29.9 Å². The first-order valence-electron chi connectivity index (χ1n) is 7.28. The highest BCUT2D eigenvalue weighted by Gasteiger charge is 2.20. The summed E-state index contributed by atoms with van der Waals surface area (Å²) in [6.45, 7) is 5.02. The van der Waals surface area contributed by atoms with Crippen molar-refractivity contribution in [2.24, 2.45) is 0 Å². The quantitative estimate of drug-likeness (QED) is 0.817. The average Bonchev–Trinajstić information content (AvgIpc) is 2.81. The molecule has 21 heavy (non-hydrogen) atoms. The largest absolute Gasteiger partial charge is 0.313 e. The van der Waals surface area contributed by atoms with Gasteiger partial charge in [-0.2, -0.15) is 5.10 Å². The van der Waals surface area contributed by atoms with E-state index in [9.17, 15) is 0 Å². The van der Waals surface area contributed by atoms with Crippen LogP contribution in [-0.2, 0) is 19.4 Å². The van der Waals surface area contributed by atoms with E-state index in [2.05, 4.69) is 58.4 Å². The molecule has 0 aliphatic rings. The fourth-order valence-electron chi connectivity index (χ4n) is 2.53. The first-order valence-corrected chi connectivity index (χ1v) is 8.45. The zero-order chi connectivity index (χ0) is 15.4. The Hall–Kier alpha value is -0.840. The molecule has 114 valence electrons. The number of aryl methyl sites for hydroxylation is 2. The van der Waals surface area contributed by atoms with E-state index in [4.69, 9.17) is 11.6 Å². The van der Waals surface area contributed by atoms with Crippen molar-refractivity contribution < 1.29 is 0 Å². The standard InChI is InChI=1S/C16H21BrClN3/c1-4-13-16(18)15(21(5-2)20-13)10-14(19-3)11-8-6-7-9-12(11)17/h6-9,14,19H,4-5,10H2,1-3H3. The number of nitrogens with zero attached hydrogens (tertiary/aromatic N) is 2. The number of hydrogen-bond acceptors (Lipinski definition) is 2. The molecule has 2 rings (SSSR count). The fraction of sp³-hybridized carbons (Fsp3) is 0.438. The van der Waals surface area contributed by atoms with E-state index in [-0.39, 0.29) is 6.04 Å². The molecular weight excluding hydrogens is 350 g/mol. The van der Waals surface area contributed by atoms with E-state index in [1.54, 1.807) is 0 Å². The molecule has 1 aromatic heterocycles. The molecule has 1 aromatic carbocycles. The lowest BCUT2D eigenvalue weighted by Crippen LogP contribution is -2.21. The summed E-state index contributed by atoms with van der Waals surface area (Å²) in [6, 6.07) is 8.48. The van der Waals surface area contributed by atoms with Crippen LogP contribution in [0.3, 0.4) is 0 Å². The summed E-state index contributed by atoms with van der Waals surface area (Å²) >= 11 is 10.1. The second-order valence-corrected chi connectivity index (χ2v) is 6.18. The third kappa shape index (κ3) is 3.50. The second kappa shape index (κ2) is 7.43. The maximum atomic E-state index is 6.51. The predicted molar refractivity (Wildman–Crippen MR) is 91.9 cm³/mol. The Morgan fingerprint density at radius 3 is 2.62 bits per heavy atom. The molecule has 1 N–H and O–H groups in total. The molecule has 0 fully saturated rings. The van der Waals surface area contributed by atoms with Gasteiger partial charge in [-0.1, -0.05) is 52.7 Å². The molecule has 0 aliphatic carbocycles. The van der Waals surface area contributed by atoms with Crippen molar-refractivity contribution >= 4 is 27.5 Å². The van der Waals surface area contributed by atoms with Gasteiger partial charge in [-0.15, -0.1) is 0 Å². The molecule has 0 amide bonds. The molecule has 0 aliphatic heterocycles. The van der Waals surface area contributed by atoms with Gasteiger partial charge in [0.2, 0.25) is 0 Å². The molecule has 0 radical (unpaired) electrons. The predicted octanol–water partition coefficient (Wildman–Crippen LogP) is 4.38. The van der Waals surface area contributed by atoms with Crippen LogP contribution in [0.15, 0.2) is 28.7 Å². The molecule has 0 saturated carbocycles. The smallest absolute Gasteiger partial charge is 0.0850 e. The lowest BCUT2D eigenvalue weighted by Gasteiger charge is -2.19. The van der Waals surface area contributed by atoms with Crippen molar-refractivity contribution in [3.63, 3.8) is 0 Å². The van der Waals surface area contributed by atoms with Gasteiger partial charge >= 0.3 is 0 Å². The van der Waals surface area contributed by atoms with Crippen LogP contribution >= 0.6 is 27.5 Å². The number of halogens is 2. The fourth-order valence-corrected chi connectivity index (χ4v) is 3.44. The van der Waals surface area contributed by atoms with Crippen LogP contribution in [0.25, 0.3) is 0 Å². The number of benzene rings is 1. The number of aromatic nitrogens is 2. The van der Waals surface area contributed by atoms with Crippen LogP contribution in [0.1, 0.15) is 36.8 Å². The Labute approximate surface area is 139 Å². The van der Waals surface area contributed by atoms with Crippen LogP contribution in [0, 0.1) is 0 Å². The molecule has 1 unspecified atom stereocenters. The zero-order valence-electron chi connectivity index (χ0n) is 12.7. The van der Waals surface area contributed by atoms with Gasteiger partial charge in [0.15, 0.2) is 0 Å². The average molecular weight is 371 g/mol. The summed E-state index contributed by atoms with van der Waals surface area (Å²) in [5, 5.41) is 8.79. The van der Waals surface area contributed by atoms with Gasteiger partial charge in [0.1, 0.15) is 0 Å². The van der Waals surface area contributed by atoms with Crippen molar-refractivity contribution in [2.45, 2.75) is 39.3 Å². The van der Waals surface area contributed by atoms with Crippen LogP contribution < -0.4 is 5.32 Å². The highest BCUT2D eigenvalue weighted by Crippen LogP contribution is 2.29. The lowest BCUT2D eigenvalue weighted by molar-refractivity contribution is 0.539. The van der Waals surface area contributed by atoms with Crippen LogP contribution in [-0.4, -0.2) is 16.8 Å². The first-order chi connectivity index (χ1) is 10.1. The van der Waals surface area contributed by atoms with Crippen molar-refractivity contribution in [2.75, 3.05) is 7.05 Å². The second-order valence-electron chi connectivity index (χ2n) is 4.94. The highest BCUT2D eigenvalue weighted by molar-refractivity contribution is 9.10. The number of rotatable bonds is 6. The van der Waals surface area contributed by atoms with Gasteiger partial charge in [-0.25, -0.2) is 0 Å². The van der Waals surface area contributed by atoms with Gasteiger partial charge in [-0.05, 0) is 32.0 Å². The maximum absolute atomic E-state index is 6.51. The minimum Gasteiger partial charge on any atom is -0.313 e. The SMILES string of the molecule is CCc1nn(CC)c(CC(NC)c2ccccc2Br)c1Cl. The van der Waals surface area contributed by atoms with Gasteiger partial charge in [0, 0.05) is 23.5 Å². The van der Waals surface area contributed by atoms with E-state index < -0.39 is 0 Å². The third-order valence-corrected chi connectivity index (χ3v) is 4.88. The van der Waals surface area contributed by atoms with Crippen LogP contribution in [0.2, 0.25) is 5.02 Å². The normalized spacial score (nSPS) is 12.6. The van der Waals surface area contributed by atoms with Crippen molar-refractivity contribution in [3.8, 4) is 0 Å². The van der Waals surface area contributed by atoms with Gasteiger partial charge < -0.3 is 5.32 Å². The van der Waals surface area contributed by atoms with Crippen LogP contribution in [0.4, 0.5) is 0 Å². The molecule has 5 heteroatoms. The molecule has 0 bridgehead atoms. The zero-order valence-corrected chi connectivity index (χ0v) is 15.0. The molecule has 1 atom stereocenters. The molecule has 0 spiro atoms. The van der Waals surface area contributed by atoms with E-state index in [0.717, 1.165) is 40.3 Å². The van der Waals surface area contributed by atoms with Gasteiger partial charge in [-0.3, -0.25) is 4.68 Å². The Morgan fingerprint density at radius 2 is 2.05 bits per heavy atom. The number of hydrogen-bond donors (Lipinski definition) is 1. The highest BCUT2D eigenvalue weighted by atomic mass is 79.9. The Balaban J connectivity index is 2.35. The van der Waals surface area contributed by atoms with Crippen molar-refractivity contribution in [3.05, 3.63) is 50.7 Å². The molecular formula is C16H21BrClN3. The molecule has 2 aromatic rings. The molecule has 0 saturated heterocycles. The van der Waals surface area contributed by atoms with Crippen molar-refractivity contribution in [1.82, 2.24) is 15.1 Å². The minimum atomic E-state index is 0.199. The summed E-state index contributed by atoms with van der Waals surface area (Å²) in [5.74, 6) is 0. The van der Waals surface area contributed by atoms with E-state index in [1.165, 1.54) is 5.56 Å². The summed E-state index contributed by atoms with van der Waals surface area (Å²) in [6.07, 6.45) is 1.68. The minimum absolute atomic E-state index is 0.199. The van der Waals surface area contributed by atoms with E-state index >= 15 is 0 Å². The summed E-state index contributed by atoms with van der Waals surface area (Å²) in [4.78, 5) is 0. The van der Waals surface area contributed by atoms with E-state index in [1.807, 2.05) is 17.8 Å². The molecule has 3 nitrogen and oxygen atoms in total. The van der Waals surface area contributed by atoms with Crippen molar-refractivity contribution in [1.29, 1.82) is 0 Å². The Bertz CT molecular complexity index is 610. The number of nitrogens with one attached hydrogen (secondary N) is 1. The van der Waals surface area contributed by atoms with Gasteiger partial charge in [0.05, 0.1) is 16.4 Å². The summed E-state index contributed by atoms with van der Waals surface area (Å²) < 4.78 is 3.13. The first kappa shape index (κ1) is 16.5. The third-order valence-electron chi connectivity index (χ3n) is 3.72. The van der Waals surface area contributed by atoms with Gasteiger partial charge in [0.25, 0.3) is 0 Å². The lowest BCUT2D eigenvalue weighted by atomic mass is 10.0. The maximum Gasteiger partial charge on any atom is 0.0850 e.